The second-order valence-electron chi connectivity index (χ2n) is 4.95. The molecular formula is C16H21N3O2. The van der Waals surface area contributed by atoms with Crippen LogP contribution in [0.3, 0.4) is 0 Å². The number of rotatable bonds is 5. The molecule has 0 saturated heterocycles. The second kappa shape index (κ2) is 6.54. The average molecular weight is 287 g/mol. The number of aryl methyl sites for hydroxylation is 2. The van der Waals surface area contributed by atoms with Crippen molar-refractivity contribution < 1.29 is 4.74 Å². The van der Waals surface area contributed by atoms with E-state index in [9.17, 15) is 4.79 Å². The summed E-state index contributed by atoms with van der Waals surface area (Å²) >= 11 is 0. The van der Waals surface area contributed by atoms with Crippen molar-refractivity contribution in [2.24, 2.45) is 7.05 Å². The van der Waals surface area contributed by atoms with Crippen LogP contribution in [0.25, 0.3) is 11.3 Å². The second-order valence-corrected chi connectivity index (χ2v) is 4.95. The first-order valence-electron chi connectivity index (χ1n) is 6.99. The Balaban J connectivity index is 2.46. The predicted octanol–water partition coefficient (Wildman–Crippen LogP) is 1.87. The maximum Gasteiger partial charge on any atom is 0.271 e. The van der Waals surface area contributed by atoms with Gasteiger partial charge in [-0.1, -0.05) is 6.92 Å². The number of aromatic nitrogens is 2. The molecule has 5 nitrogen and oxygen atoms in total. The van der Waals surface area contributed by atoms with Crippen molar-refractivity contribution in [2.75, 3.05) is 13.7 Å². The molecular weight excluding hydrogens is 266 g/mol. The highest BCUT2D eigenvalue weighted by molar-refractivity contribution is 5.62. The van der Waals surface area contributed by atoms with Crippen molar-refractivity contribution >= 4 is 0 Å². The van der Waals surface area contributed by atoms with Crippen LogP contribution in [0.2, 0.25) is 0 Å². The van der Waals surface area contributed by atoms with Gasteiger partial charge in [-0.25, -0.2) is 4.68 Å². The van der Waals surface area contributed by atoms with Gasteiger partial charge in [0.15, 0.2) is 0 Å². The molecule has 0 atom stereocenters. The minimum atomic E-state index is -0.0649. The highest BCUT2D eigenvalue weighted by Crippen LogP contribution is 2.24. The van der Waals surface area contributed by atoms with E-state index in [4.69, 9.17) is 4.74 Å². The minimum absolute atomic E-state index is 0.0649. The molecule has 0 bridgehead atoms. The summed E-state index contributed by atoms with van der Waals surface area (Å²) in [6.45, 7) is 5.37. The van der Waals surface area contributed by atoms with E-state index in [0.717, 1.165) is 34.7 Å². The molecule has 21 heavy (non-hydrogen) atoms. The van der Waals surface area contributed by atoms with Crippen LogP contribution in [0.15, 0.2) is 29.1 Å². The molecule has 0 aliphatic heterocycles. The Morgan fingerprint density at radius 2 is 2.10 bits per heavy atom. The Bertz CT molecular complexity index is 692. The molecule has 0 spiro atoms. The molecule has 1 aromatic heterocycles. The van der Waals surface area contributed by atoms with Gasteiger partial charge in [-0.15, -0.1) is 0 Å². The summed E-state index contributed by atoms with van der Waals surface area (Å²) in [6, 6.07) is 7.74. The van der Waals surface area contributed by atoms with Crippen LogP contribution in [0.5, 0.6) is 5.75 Å². The van der Waals surface area contributed by atoms with Gasteiger partial charge in [-0.2, -0.15) is 5.10 Å². The number of ether oxygens (including phenoxy) is 1. The topological polar surface area (TPSA) is 56.1 Å². The number of methoxy groups -OCH3 is 1. The summed E-state index contributed by atoms with van der Waals surface area (Å²) in [4.78, 5) is 12.1. The summed E-state index contributed by atoms with van der Waals surface area (Å²) in [5, 5.41) is 7.52. The first kappa shape index (κ1) is 15.3. The Kier molecular flexibility index (Phi) is 4.75. The van der Waals surface area contributed by atoms with E-state index in [1.165, 1.54) is 4.68 Å². The molecule has 2 aromatic rings. The maximum absolute atomic E-state index is 12.1. The number of hydrogen-bond donors (Lipinski definition) is 1. The molecule has 5 heteroatoms. The fourth-order valence-corrected chi connectivity index (χ4v) is 2.24. The molecule has 1 heterocycles. The molecule has 112 valence electrons. The number of nitrogens with zero attached hydrogens (tertiary/aromatic N) is 2. The standard InChI is InChI=1S/C16H21N3O2/c1-5-17-10-13-9-14(18-19(3)16(13)20)12-6-7-15(21-4)11(2)8-12/h6-9,17H,5,10H2,1-4H3. The molecule has 1 aromatic carbocycles. The van der Waals surface area contributed by atoms with E-state index in [-0.39, 0.29) is 5.56 Å². The van der Waals surface area contributed by atoms with Gasteiger partial charge >= 0.3 is 0 Å². The van der Waals surface area contributed by atoms with Crippen LogP contribution < -0.4 is 15.6 Å². The first-order chi connectivity index (χ1) is 10.1. The van der Waals surface area contributed by atoms with Crippen LogP contribution >= 0.6 is 0 Å². The van der Waals surface area contributed by atoms with Gasteiger partial charge in [0.2, 0.25) is 0 Å². The van der Waals surface area contributed by atoms with Crippen molar-refractivity contribution in [3.63, 3.8) is 0 Å². The van der Waals surface area contributed by atoms with E-state index >= 15 is 0 Å². The predicted molar refractivity (Wildman–Crippen MR) is 83.6 cm³/mol. The van der Waals surface area contributed by atoms with Crippen molar-refractivity contribution in [1.82, 2.24) is 15.1 Å². The Hall–Kier alpha value is -2.14. The van der Waals surface area contributed by atoms with Crippen LogP contribution in [-0.2, 0) is 13.6 Å². The van der Waals surface area contributed by atoms with Crippen molar-refractivity contribution in [3.8, 4) is 17.0 Å². The zero-order chi connectivity index (χ0) is 15.4. The molecule has 0 unspecified atom stereocenters. The lowest BCUT2D eigenvalue weighted by molar-refractivity contribution is 0.412. The number of nitrogens with one attached hydrogen (secondary N) is 1. The highest BCUT2D eigenvalue weighted by atomic mass is 16.5. The Morgan fingerprint density at radius 3 is 2.71 bits per heavy atom. The van der Waals surface area contributed by atoms with Crippen molar-refractivity contribution in [1.29, 1.82) is 0 Å². The third-order valence-corrected chi connectivity index (χ3v) is 3.39. The molecule has 0 saturated carbocycles. The van der Waals surface area contributed by atoms with Crippen LogP contribution in [-0.4, -0.2) is 23.4 Å². The molecule has 0 fully saturated rings. The molecule has 0 aliphatic carbocycles. The smallest absolute Gasteiger partial charge is 0.271 e. The normalized spacial score (nSPS) is 10.7. The van der Waals surface area contributed by atoms with E-state index in [2.05, 4.69) is 10.4 Å². The van der Waals surface area contributed by atoms with E-state index in [1.807, 2.05) is 38.1 Å². The minimum Gasteiger partial charge on any atom is -0.496 e. The van der Waals surface area contributed by atoms with Crippen LogP contribution in [0, 0.1) is 6.92 Å². The van der Waals surface area contributed by atoms with Crippen molar-refractivity contribution in [3.05, 3.63) is 45.7 Å². The fourth-order valence-electron chi connectivity index (χ4n) is 2.24. The van der Waals surface area contributed by atoms with Crippen molar-refractivity contribution in [2.45, 2.75) is 20.4 Å². The molecule has 0 amide bonds. The lowest BCUT2D eigenvalue weighted by atomic mass is 10.1. The molecule has 0 aliphatic rings. The van der Waals surface area contributed by atoms with E-state index in [0.29, 0.717) is 6.54 Å². The molecule has 2 rings (SSSR count). The van der Waals surface area contributed by atoms with Gasteiger partial charge in [0, 0.05) is 24.7 Å². The monoisotopic (exact) mass is 287 g/mol. The summed E-state index contributed by atoms with van der Waals surface area (Å²) in [6.07, 6.45) is 0. The van der Waals surface area contributed by atoms with Gasteiger partial charge in [0.25, 0.3) is 5.56 Å². The molecule has 1 N–H and O–H groups in total. The van der Waals surface area contributed by atoms with Gasteiger partial charge in [-0.3, -0.25) is 4.79 Å². The number of hydrogen-bond acceptors (Lipinski definition) is 4. The zero-order valence-electron chi connectivity index (χ0n) is 12.9. The van der Waals surface area contributed by atoms with Gasteiger partial charge < -0.3 is 10.1 Å². The van der Waals surface area contributed by atoms with Gasteiger partial charge in [0.1, 0.15) is 5.75 Å². The fraction of sp³-hybridized carbons (Fsp3) is 0.375. The lowest BCUT2D eigenvalue weighted by Gasteiger charge is -2.10. The molecule has 0 radical (unpaired) electrons. The summed E-state index contributed by atoms with van der Waals surface area (Å²) < 4.78 is 6.66. The third-order valence-electron chi connectivity index (χ3n) is 3.39. The largest absolute Gasteiger partial charge is 0.496 e. The lowest BCUT2D eigenvalue weighted by Crippen LogP contribution is -2.27. The van der Waals surface area contributed by atoms with Gasteiger partial charge in [0.05, 0.1) is 12.8 Å². The quantitative estimate of drug-likeness (QED) is 0.912. The van der Waals surface area contributed by atoms with E-state index < -0.39 is 0 Å². The number of benzene rings is 1. The van der Waals surface area contributed by atoms with Crippen LogP contribution in [0.1, 0.15) is 18.1 Å². The highest BCUT2D eigenvalue weighted by Gasteiger charge is 2.09. The summed E-state index contributed by atoms with van der Waals surface area (Å²) in [5.41, 5.74) is 3.46. The van der Waals surface area contributed by atoms with Crippen LogP contribution in [0.4, 0.5) is 0 Å². The third kappa shape index (κ3) is 3.31. The SMILES string of the molecule is CCNCc1cc(-c2ccc(OC)c(C)c2)nn(C)c1=O. The Labute approximate surface area is 124 Å². The summed E-state index contributed by atoms with van der Waals surface area (Å²) in [5.74, 6) is 0.844. The first-order valence-corrected chi connectivity index (χ1v) is 6.99. The van der Waals surface area contributed by atoms with E-state index in [1.54, 1.807) is 14.2 Å². The Morgan fingerprint density at radius 1 is 1.33 bits per heavy atom. The summed E-state index contributed by atoms with van der Waals surface area (Å²) in [7, 11) is 3.33. The average Bonchev–Trinajstić information content (AvgIpc) is 2.48. The maximum atomic E-state index is 12.1. The van der Waals surface area contributed by atoms with Gasteiger partial charge in [-0.05, 0) is 43.3 Å². The zero-order valence-corrected chi connectivity index (χ0v) is 12.9.